The summed E-state index contributed by atoms with van der Waals surface area (Å²) in [7, 11) is 0. The quantitative estimate of drug-likeness (QED) is 0.347. The van der Waals surface area contributed by atoms with Crippen LogP contribution in [0.5, 0.6) is 0 Å². The lowest BCUT2D eigenvalue weighted by Crippen LogP contribution is -2.81. The smallest absolute Gasteiger partial charge is 0.419 e. The molecule has 0 spiro atoms. The minimum Gasteiger partial charge on any atom is -0.455 e. The van der Waals surface area contributed by atoms with Crippen molar-refractivity contribution in [2.45, 2.75) is 90.0 Å². The van der Waals surface area contributed by atoms with Crippen molar-refractivity contribution in [2.75, 3.05) is 6.61 Å². The molecule has 2 heterocycles. The van der Waals surface area contributed by atoms with Crippen molar-refractivity contribution in [1.29, 1.82) is 0 Å². The monoisotopic (exact) mass is 680 g/mol. The van der Waals surface area contributed by atoms with Gasteiger partial charge in [-0.05, 0) is 24.6 Å². The van der Waals surface area contributed by atoms with Crippen LogP contribution in [0.15, 0.2) is 60.4 Å². The number of fused-ring (bicyclic) bond motifs is 5. The second-order valence-electron chi connectivity index (χ2n) is 14.2. The average molecular weight is 681 g/mol. The van der Waals surface area contributed by atoms with E-state index in [0.717, 1.165) is 11.5 Å². The molecule has 14 nitrogen and oxygen atoms in total. The Balaban J connectivity index is 1.67. The maximum Gasteiger partial charge on any atom is 0.419 e. The van der Waals surface area contributed by atoms with E-state index in [4.69, 9.17) is 23.7 Å². The molecule has 2 aromatic rings. The molecule has 3 aliphatic carbocycles. The third-order valence-corrected chi connectivity index (χ3v) is 11.1. The number of allylic oxidation sites excluding steroid dienone is 1. The maximum absolute atomic E-state index is 15.4. The fourth-order valence-electron chi connectivity index (χ4n) is 8.59. The molecular formula is C35H40N2O12. The Labute approximate surface area is 282 Å². The summed E-state index contributed by atoms with van der Waals surface area (Å²) in [4.78, 5) is 72.3. The first kappa shape index (κ1) is 34.5. The zero-order valence-electron chi connectivity index (χ0n) is 28.1. The minimum atomic E-state index is -2.19. The Morgan fingerprint density at radius 1 is 1.04 bits per heavy atom. The van der Waals surface area contributed by atoms with Crippen molar-refractivity contribution < 1.29 is 57.9 Å². The number of rotatable bonds is 5. The number of hydrogen-bond donors (Lipinski definition) is 2. The van der Waals surface area contributed by atoms with Crippen LogP contribution >= 0.6 is 0 Å². The number of ketones is 1. The minimum absolute atomic E-state index is 0.114. The first-order valence-electron chi connectivity index (χ1n) is 16.1. The van der Waals surface area contributed by atoms with Crippen LogP contribution in [0.4, 0.5) is 4.79 Å². The number of aliphatic hydroxyl groups excluding tert-OH is 1. The Morgan fingerprint density at radius 2 is 1.73 bits per heavy atom. The van der Waals surface area contributed by atoms with Gasteiger partial charge in [-0.1, -0.05) is 39.0 Å². The van der Waals surface area contributed by atoms with E-state index in [1.165, 1.54) is 44.7 Å². The lowest BCUT2D eigenvalue weighted by molar-refractivity contribution is -0.344. The highest BCUT2D eigenvalue weighted by atomic mass is 16.6. The standard InChI is InChI=1S/C35H40N2O12/c1-18-22(40)15-35(44)29(48-30(42)21-10-8-7-9-11-21)27-33(6,28(41)26(46-19(2)38)25(18)32(35,4)5)23(47-31(43)37-13-12-36-17-37)14-24-34(27,16-45-24)49-20(3)39/h7-13,17-18,22-24,27,29,40,44H,14-16H2,1-6H3/t18?,22-,23-,24+,27-,29-,33+,34-,35+/m0/s1. The molecule has 262 valence electrons. The molecule has 0 radical (unpaired) electrons. The Bertz CT molecular complexity index is 1720. The van der Waals surface area contributed by atoms with Crippen LogP contribution in [0.3, 0.4) is 0 Å². The summed E-state index contributed by atoms with van der Waals surface area (Å²) >= 11 is 0. The van der Waals surface area contributed by atoms with Gasteiger partial charge in [0.15, 0.2) is 11.4 Å². The zero-order chi connectivity index (χ0) is 35.7. The third kappa shape index (κ3) is 5.10. The van der Waals surface area contributed by atoms with Crippen molar-refractivity contribution in [1.82, 2.24) is 9.55 Å². The number of nitrogens with zero attached hydrogens (tertiary/aromatic N) is 2. The number of aliphatic hydroxyl groups is 2. The molecule has 2 N–H and O–H groups in total. The lowest BCUT2D eigenvalue weighted by atomic mass is 9.45. The molecule has 4 aliphatic rings. The van der Waals surface area contributed by atoms with E-state index in [9.17, 15) is 29.4 Å². The van der Waals surface area contributed by atoms with E-state index < -0.39 is 93.8 Å². The number of imidazole rings is 1. The number of esters is 3. The number of benzene rings is 1. The molecule has 49 heavy (non-hydrogen) atoms. The average Bonchev–Trinajstić information content (AvgIpc) is 3.58. The highest BCUT2D eigenvalue weighted by Gasteiger charge is 2.78. The van der Waals surface area contributed by atoms with Crippen LogP contribution in [0, 0.1) is 22.7 Å². The van der Waals surface area contributed by atoms with Gasteiger partial charge in [0.05, 0.1) is 29.6 Å². The summed E-state index contributed by atoms with van der Waals surface area (Å²) in [6.45, 7) is 8.34. The molecule has 1 aliphatic heterocycles. The van der Waals surface area contributed by atoms with Gasteiger partial charge in [-0.3, -0.25) is 14.4 Å². The van der Waals surface area contributed by atoms with Gasteiger partial charge in [-0.2, -0.15) is 0 Å². The van der Waals surface area contributed by atoms with E-state index in [1.807, 2.05) is 0 Å². The van der Waals surface area contributed by atoms with E-state index in [2.05, 4.69) is 4.98 Å². The molecule has 1 saturated heterocycles. The lowest BCUT2D eigenvalue weighted by Gasteiger charge is -2.67. The summed E-state index contributed by atoms with van der Waals surface area (Å²) in [5.74, 6) is -6.03. The SMILES string of the molecule is CC(=O)OC1=C2C(C)[C@@H](O)C[C@@](O)([C@@H](OC(=O)c3ccccc3)[C@@H]3[C@]4(OC(C)=O)CO[C@@H]4C[C@H](OC(=O)n4ccnc4)[C@@]3(C)C1=O)C2(C)C. The highest BCUT2D eigenvalue weighted by Crippen LogP contribution is 2.65. The van der Waals surface area contributed by atoms with Crippen LogP contribution in [-0.4, -0.2) is 91.8 Å². The number of carbonyl (C=O) groups is 5. The van der Waals surface area contributed by atoms with Crippen LogP contribution in [0.25, 0.3) is 0 Å². The van der Waals surface area contributed by atoms with E-state index in [-0.39, 0.29) is 30.6 Å². The van der Waals surface area contributed by atoms with Gasteiger partial charge in [0.25, 0.3) is 0 Å². The largest absolute Gasteiger partial charge is 0.455 e. The fraction of sp³-hybridized carbons (Fsp3) is 0.543. The van der Waals surface area contributed by atoms with Gasteiger partial charge in [0.2, 0.25) is 5.78 Å². The van der Waals surface area contributed by atoms with E-state index >= 15 is 4.79 Å². The van der Waals surface area contributed by atoms with E-state index in [1.54, 1.807) is 39.0 Å². The number of Topliss-reactive ketones (excluding diaryl/α,β-unsaturated/α-hetero) is 1. The molecule has 1 aromatic carbocycles. The van der Waals surface area contributed by atoms with Crippen molar-refractivity contribution in [3.63, 3.8) is 0 Å². The molecule has 2 bridgehead atoms. The molecule has 2 saturated carbocycles. The highest BCUT2D eigenvalue weighted by molar-refractivity contribution is 6.02. The number of aromatic nitrogens is 2. The van der Waals surface area contributed by atoms with Gasteiger partial charge in [0, 0.05) is 50.4 Å². The van der Waals surface area contributed by atoms with E-state index in [0.29, 0.717) is 0 Å². The van der Waals surface area contributed by atoms with Gasteiger partial charge in [-0.25, -0.2) is 19.1 Å². The van der Waals surface area contributed by atoms with Gasteiger partial charge >= 0.3 is 24.0 Å². The van der Waals surface area contributed by atoms with Crippen molar-refractivity contribution in [2.24, 2.45) is 22.7 Å². The maximum atomic E-state index is 15.4. The van der Waals surface area contributed by atoms with Gasteiger partial charge < -0.3 is 33.9 Å². The molecule has 14 heteroatoms. The molecule has 3 fully saturated rings. The second kappa shape index (κ2) is 11.9. The summed E-state index contributed by atoms with van der Waals surface area (Å²) in [6, 6.07) is 7.99. The van der Waals surface area contributed by atoms with Crippen molar-refractivity contribution >= 4 is 29.8 Å². The Kier molecular flexibility index (Phi) is 8.36. The van der Waals surface area contributed by atoms with Gasteiger partial charge in [-0.15, -0.1) is 0 Å². The van der Waals surface area contributed by atoms with Crippen molar-refractivity contribution in [3.8, 4) is 0 Å². The second-order valence-corrected chi connectivity index (χ2v) is 14.2. The number of hydrogen-bond acceptors (Lipinski definition) is 13. The molecule has 1 unspecified atom stereocenters. The summed E-state index contributed by atoms with van der Waals surface area (Å²) in [5, 5.41) is 24.6. The van der Waals surface area contributed by atoms with Crippen LogP contribution in [0.2, 0.25) is 0 Å². The topological polar surface area (TPSA) is 190 Å². The van der Waals surface area contributed by atoms with Crippen LogP contribution in [-0.2, 0) is 38.1 Å². The Morgan fingerprint density at radius 3 is 2.31 bits per heavy atom. The van der Waals surface area contributed by atoms with Crippen molar-refractivity contribution in [3.05, 3.63) is 65.9 Å². The van der Waals surface area contributed by atoms with Crippen LogP contribution in [0.1, 0.15) is 64.7 Å². The predicted molar refractivity (Wildman–Crippen MR) is 166 cm³/mol. The predicted octanol–water partition coefficient (Wildman–Crippen LogP) is 2.75. The molecule has 9 atom stereocenters. The molecular weight excluding hydrogens is 640 g/mol. The fourth-order valence-corrected chi connectivity index (χ4v) is 8.59. The normalized spacial score (nSPS) is 36.1. The molecule has 1 aromatic heterocycles. The van der Waals surface area contributed by atoms with Gasteiger partial charge in [0.1, 0.15) is 30.2 Å². The Hall–Kier alpha value is -4.40. The summed E-state index contributed by atoms with van der Waals surface area (Å²) in [5.41, 5.74) is -7.16. The van der Waals surface area contributed by atoms with Crippen LogP contribution < -0.4 is 0 Å². The summed E-state index contributed by atoms with van der Waals surface area (Å²) < 4.78 is 31.1. The molecule has 0 amide bonds. The first-order chi connectivity index (χ1) is 23.0. The zero-order valence-corrected chi connectivity index (χ0v) is 28.1. The number of ether oxygens (including phenoxy) is 5. The number of carbonyl (C=O) groups excluding carboxylic acids is 5. The first-order valence-corrected chi connectivity index (χ1v) is 16.1. The summed E-state index contributed by atoms with van der Waals surface area (Å²) in [6.07, 6.45) is -2.84. The third-order valence-electron chi connectivity index (χ3n) is 11.1. The molecule has 6 rings (SSSR count).